The number of pyridine rings is 1. The van der Waals surface area contributed by atoms with Crippen molar-refractivity contribution in [1.82, 2.24) is 9.55 Å². The first-order valence-electron chi connectivity index (χ1n) is 5.11. The lowest BCUT2D eigenvalue weighted by Crippen LogP contribution is -2.28. The van der Waals surface area contributed by atoms with Gasteiger partial charge in [-0.05, 0) is 6.92 Å². The Labute approximate surface area is 107 Å². The molecule has 2 rings (SSSR count). The van der Waals surface area contributed by atoms with Gasteiger partial charge in [0.1, 0.15) is 11.3 Å². The number of hydrogen-bond donors (Lipinski definition) is 2. The van der Waals surface area contributed by atoms with E-state index in [2.05, 4.69) is 10.3 Å². The number of aryl methyl sites for hydroxylation is 1. The van der Waals surface area contributed by atoms with Gasteiger partial charge in [-0.2, -0.15) is 0 Å². The summed E-state index contributed by atoms with van der Waals surface area (Å²) in [6, 6.07) is 1.37. The molecule has 6 nitrogen and oxygen atoms in total. The maximum absolute atomic E-state index is 11.9. The number of rotatable bonds is 2. The van der Waals surface area contributed by atoms with Gasteiger partial charge in [0.25, 0.3) is 11.5 Å². The smallest absolute Gasteiger partial charge is 0.267 e. The number of carbonyl (C=O) groups excluding carboxylic acids is 1. The minimum Gasteiger partial charge on any atom is -0.507 e. The monoisotopic (exact) mass is 265 g/mol. The van der Waals surface area contributed by atoms with Gasteiger partial charge in [-0.3, -0.25) is 14.9 Å². The highest BCUT2D eigenvalue weighted by molar-refractivity contribution is 7.13. The molecule has 0 radical (unpaired) electrons. The maximum Gasteiger partial charge on any atom is 0.267 e. The lowest BCUT2D eigenvalue weighted by Gasteiger charge is -2.08. The van der Waals surface area contributed by atoms with Crippen LogP contribution >= 0.6 is 11.3 Å². The van der Waals surface area contributed by atoms with E-state index in [1.54, 1.807) is 12.3 Å². The van der Waals surface area contributed by atoms with Crippen LogP contribution in [0.4, 0.5) is 5.13 Å². The third kappa shape index (κ3) is 2.12. The van der Waals surface area contributed by atoms with Crippen molar-refractivity contribution < 1.29 is 9.90 Å². The molecular formula is C11H11N3O3S. The molecule has 0 atom stereocenters. The lowest BCUT2D eigenvalue weighted by atomic mass is 10.2. The van der Waals surface area contributed by atoms with Gasteiger partial charge >= 0.3 is 0 Å². The van der Waals surface area contributed by atoms with E-state index in [9.17, 15) is 14.7 Å². The molecule has 94 valence electrons. The number of carbonyl (C=O) groups is 1. The Morgan fingerprint density at radius 2 is 2.28 bits per heavy atom. The van der Waals surface area contributed by atoms with Crippen LogP contribution < -0.4 is 10.9 Å². The largest absolute Gasteiger partial charge is 0.507 e. The normalized spacial score (nSPS) is 10.3. The molecule has 0 aliphatic rings. The van der Waals surface area contributed by atoms with Crippen LogP contribution in [0.5, 0.6) is 5.75 Å². The number of aromatic nitrogens is 2. The second-order valence-electron chi connectivity index (χ2n) is 3.70. The van der Waals surface area contributed by atoms with Gasteiger partial charge in [-0.25, -0.2) is 4.98 Å². The summed E-state index contributed by atoms with van der Waals surface area (Å²) in [5.41, 5.74) is -0.247. The van der Waals surface area contributed by atoms with Gasteiger partial charge in [0.15, 0.2) is 5.13 Å². The molecule has 7 heteroatoms. The Morgan fingerprint density at radius 1 is 1.56 bits per heavy atom. The van der Waals surface area contributed by atoms with Gasteiger partial charge in [0.05, 0.1) is 0 Å². The summed E-state index contributed by atoms with van der Waals surface area (Å²) in [4.78, 5) is 27.7. The van der Waals surface area contributed by atoms with E-state index >= 15 is 0 Å². The third-order valence-electron chi connectivity index (χ3n) is 2.53. The Balaban J connectivity index is 2.43. The van der Waals surface area contributed by atoms with Crippen LogP contribution in [0.3, 0.4) is 0 Å². The van der Waals surface area contributed by atoms with Crippen molar-refractivity contribution in [3.05, 3.63) is 39.3 Å². The third-order valence-corrected chi connectivity index (χ3v) is 3.22. The number of amides is 1. The Bertz CT molecular complexity index is 646. The molecule has 2 heterocycles. The molecule has 2 N–H and O–H groups in total. The molecule has 2 aromatic rings. The molecule has 18 heavy (non-hydrogen) atoms. The molecule has 1 amide bonds. The minimum atomic E-state index is -0.664. The van der Waals surface area contributed by atoms with Crippen LogP contribution in [0.25, 0.3) is 0 Å². The Hall–Kier alpha value is -2.15. The first-order valence-corrected chi connectivity index (χ1v) is 5.99. The summed E-state index contributed by atoms with van der Waals surface area (Å²) in [6.45, 7) is 1.67. The van der Waals surface area contributed by atoms with E-state index in [-0.39, 0.29) is 11.3 Å². The molecule has 0 unspecified atom stereocenters. The molecule has 0 spiro atoms. The van der Waals surface area contributed by atoms with Crippen molar-refractivity contribution in [2.24, 2.45) is 7.05 Å². The summed E-state index contributed by atoms with van der Waals surface area (Å²) in [7, 11) is 1.54. The summed E-state index contributed by atoms with van der Waals surface area (Å²) < 4.78 is 1.30. The molecule has 0 bridgehead atoms. The number of nitrogens with zero attached hydrogens (tertiary/aromatic N) is 2. The maximum atomic E-state index is 11.9. The summed E-state index contributed by atoms with van der Waals surface area (Å²) in [5.74, 6) is -0.993. The van der Waals surface area contributed by atoms with Crippen LogP contribution in [0.2, 0.25) is 0 Å². The van der Waals surface area contributed by atoms with E-state index in [0.717, 1.165) is 0 Å². The lowest BCUT2D eigenvalue weighted by molar-refractivity contribution is 0.102. The SMILES string of the molecule is Cc1cc(O)c(C(=O)Nc2nccs2)c(=O)n1C. The zero-order valence-corrected chi connectivity index (χ0v) is 10.6. The number of aromatic hydroxyl groups is 1. The standard InChI is InChI=1S/C11H11N3O3S/c1-6-5-7(15)8(10(17)14(6)2)9(16)13-11-12-3-4-18-11/h3-5,15H,1-2H3,(H,12,13,16). The first kappa shape index (κ1) is 12.3. The van der Waals surface area contributed by atoms with Crippen molar-refractivity contribution in [2.45, 2.75) is 6.92 Å². The Morgan fingerprint density at radius 3 is 2.89 bits per heavy atom. The fourth-order valence-electron chi connectivity index (χ4n) is 1.46. The van der Waals surface area contributed by atoms with Crippen LogP contribution in [-0.2, 0) is 7.05 Å². The fraction of sp³-hybridized carbons (Fsp3) is 0.182. The van der Waals surface area contributed by atoms with Gasteiger partial charge in [-0.1, -0.05) is 0 Å². The van der Waals surface area contributed by atoms with Crippen LogP contribution in [-0.4, -0.2) is 20.6 Å². The van der Waals surface area contributed by atoms with Crippen LogP contribution in [0, 0.1) is 6.92 Å². The predicted molar refractivity (Wildman–Crippen MR) is 68.2 cm³/mol. The van der Waals surface area contributed by atoms with Gasteiger partial charge in [0.2, 0.25) is 0 Å². The van der Waals surface area contributed by atoms with E-state index in [4.69, 9.17) is 0 Å². The molecule has 0 saturated carbocycles. The van der Waals surface area contributed by atoms with Gasteiger partial charge in [0, 0.05) is 30.4 Å². The van der Waals surface area contributed by atoms with E-state index in [1.807, 2.05) is 0 Å². The number of anilines is 1. The quantitative estimate of drug-likeness (QED) is 0.851. The minimum absolute atomic E-state index is 0.279. The predicted octanol–water partition coefficient (Wildman–Crippen LogP) is 1.11. The zero-order chi connectivity index (χ0) is 13.3. The van der Waals surface area contributed by atoms with Crippen molar-refractivity contribution in [1.29, 1.82) is 0 Å². The molecule has 0 fully saturated rings. The molecule has 0 aliphatic carbocycles. The average Bonchev–Trinajstić information content (AvgIpc) is 2.78. The highest BCUT2D eigenvalue weighted by atomic mass is 32.1. The topological polar surface area (TPSA) is 84.2 Å². The molecule has 0 aliphatic heterocycles. The van der Waals surface area contributed by atoms with Crippen molar-refractivity contribution >= 4 is 22.4 Å². The van der Waals surface area contributed by atoms with E-state index in [1.165, 1.54) is 35.2 Å². The van der Waals surface area contributed by atoms with Gasteiger partial charge < -0.3 is 9.67 Å². The average molecular weight is 265 g/mol. The summed E-state index contributed by atoms with van der Waals surface area (Å²) in [6.07, 6.45) is 1.54. The number of thiazole rings is 1. The molecule has 0 aromatic carbocycles. The number of hydrogen-bond acceptors (Lipinski definition) is 5. The second-order valence-corrected chi connectivity index (χ2v) is 4.60. The fourth-order valence-corrected chi connectivity index (χ4v) is 1.99. The Kier molecular flexibility index (Phi) is 3.15. The molecular weight excluding hydrogens is 254 g/mol. The highest BCUT2D eigenvalue weighted by Gasteiger charge is 2.19. The van der Waals surface area contributed by atoms with Gasteiger partial charge in [-0.15, -0.1) is 11.3 Å². The van der Waals surface area contributed by atoms with Crippen molar-refractivity contribution in [2.75, 3.05) is 5.32 Å². The van der Waals surface area contributed by atoms with E-state index < -0.39 is 11.5 Å². The second kappa shape index (κ2) is 4.61. The highest BCUT2D eigenvalue weighted by Crippen LogP contribution is 2.17. The molecule has 0 saturated heterocycles. The van der Waals surface area contributed by atoms with Crippen LogP contribution in [0.15, 0.2) is 22.4 Å². The van der Waals surface area contributed by atoms with Crippen molar-refractivity contribution in [3.63, 3.8) is 0 Å². The summed E-state index contributed by atoms with van der Waals surface area (Å²) >= 11 is 1.23. The van der Waals surface area contributed by atoms with E-state index in [0.29, 0.717) is 10.8 Å². The van der Waals surface area contributed by atoms with Crippen molar-refractivity contribution in [3.8, 4) is 5.75 Å². The number of nitrogens with one attached hydrogen (secondary N) is 1. The van der Waals surface area contributed by atoms with Crippen LogP contribution in [0.1, 0.15) is 16.1 Å². The first-order chi connectivity index (χ1) is 8.50. The summed E-state index contributed by atoms with van der Waals surface area (Å²) in [5, 5.41) is 14.2. The molecule has 2 aromatic heterocycles. The zero-order valence-electron chi connectivity index (χ0n) is 9.80.